The molecule has 6 nitrogen and oxygen atoms in total. The van der Waals surface area contributed by atoms with Crippen molar-refractivity contribution in [1.82, 2.24) is 14.8 Å². The van der Waals surface area contributed by atoms with Crippen LogP contribution in [0, 0.1) is 6.92 Å². The van der Waals surface area contributed by atoms with Crippen molar-refractivity contribution >= 4 is 50.9 Å². The van der Waals surface area contributed by atoms with E-state index in [0.29, 0.717) is 32.1 Å². The average Bonchev–Trinajstić information content (AvgIpc) is 3.22. The summed E-state index contributed by atoms with van der Waals surface area (Å²) in [7, 11) is 0. The molecule has 27 heavy (non-hydrogen) atoms. The predicted molar refractivity (Wildman–Crippen MR) is 111 cm³/mol. The number of hydrogen-bond acceptors (Lipinski definition) is 5. The van der Waals surface area contributed by atoms with Gasteiger partial charge in [-0.3, -0.25) is 9.36 Å². The second-order valence-electron chi connectivity index (χ2n) is 6.17. The SMILES string of the molecule is Cc1ccc(Cl)cc1NC(=O)CSc1nnc(-c2ccc(Br)o2)n1C(C)C. The van der Waals surface area contributed by atoms with E-state index in [0.717, 1.165) is 5.56 Å². The van der Waals surface area contributed by atoms with Crippen LogP contribution in [0.5, 0.6) is 0 Å². The first-order valence-electron chi connectivity index (χ1n) is 8.24. The molecule has 0 saturated heterocycles. The molecule has 9 heteroatoms. The number of carbonyl (C=O) groups is 1. The summed E-state index contributed by atoms with van der Waals surface area (Å²) in [5, 5.41) is 12.6. The molecular formula is C18H18BrClN4O2S. The van der Waals surface area contributed by atoms with Crippen LogP contribution >= 0.6 is 39.3 Å². The molecule has 1 N–H and O–H groups in total. The minimum absolute atomic E-state index is 0.111. The standard InChI is InChI=1S/C18H18BrClN4O2S/c1-10(2)24-17(14-6-7-15(19)26-14)22-23-18(24)27-9-16(25)21-13-8-12(20)5-4-11(13)3/h4-8,10H,9H2,1-3H3,(H,21,25). The van der Waals surface area contributed by atoms with Gasteiger partial charge >= 0.3 is 0 Å². The Labute approximate surface area is 174 Å². The summed E-state index contributed by atoms with van der Waals surface area (Å²) in [6.45, 7) is 5.98. The first-order chi connectivity index (χ1) is 12.8. The van der Waals surface area contributed by atoms with Crippen molar-refractivity contribution in [3.63, 3.8) is 0 Å². The third-order valence-corrected chi connectivity index (χ3v) is 5.38. The zero-order chi connectivity index (χ0) is 19.6. The van der Waals surface area contributed by atoms with Crippen molar-refractivity contribution < 1.29 is 9.21 Å². The van der Waals surface area contributed by atoms with Crippen molar-refractivity contribution in [3.05, 3.63) is 45.6 Å². The number of aryl methyl sites for hydroxylation is 1. The molecule has 0 saturated carbocycles. The molecule has 0 unspecified atom stereocenters. The largest absolute Gasteiger partial charge is 0.446 e. The van der Waals surface area contributed by atoms with Gasteiger partial charge < -0.3 is 9.73 Å². The van der Waals surface area contributed by atoms with E-state index in [9.17, 15) is 4.79 Å². The van der Waals surface area contributed by atoms with Crippen molar-refractivity contribution in [3.8, 4) is 11.6 Å². The normalized spacial score (nSPS) is 11.2. The number of nitrogens with zero attached hydrogens (tertiary/aromatic N) is 3. The van der Waals surface area contributed by atoms with Gasteiger partial charge in [-0.25, -0.2) is 0 Å². The molecule has 142 valence electrons. The summed E-state index contributed by atoms with van der Waals surface area (Å²) >= 11 is 10.6. The van der Waals surface area contributed by atoms with Crippen LogP contribution in [-0.2, 0) is 4.79 Å². The maximum Gasteiger partial charge on any atom is 0.234 e. The number of thioether (sulfide) groups is 1. The zero-order valence-electron chi connectivity index (χ0n) is 15.0. The molecule has 3 rings (SSSR count). The Morgan fingerprint density at radius 2 is 2.11 bits per heavy atom. The average molecular weight is 470 g/mol. The summed E-state index contributed by atoms with van der Waals surface area (Å²) in [4.78, 5) is 12.4. The molecule has 2 heterocycles. The fourth-order valence-corrected chi connectivity index (χ4v) is 3.83. The Morgan fingerprint density at radius 3 is 2.78 bits per heavy atom. The summed E-state index contributed by atoms with van der Waals surface area (Å²) < 4.78 is 8.17. The highest BCUT2D eigenvalue weighted by Crippen LogP contribution is 2.30. The fraction of sp³-hybridized carbons (Fsp3) is 0.278. The molecule has 0 bridgehead atoms. The first-order valence-corrected chi connectivity index (χ1v) is 10.4. The number of halogens is 2. The topological polar surface area (TPSA) is 73.0 Å². The predicted octanol–water partition coefficient (Wildman–Crippen LogP) is 5.57. The molecular weight excluding hydrogens is 452 g/mol. The molecule has 1 aromatic carbocycles. The first kappa shape index (κ1) is 20.0. The van der Waals surface area contributed by atoms with Gasteiger partial charge in [-0.15, -0.1) is 10.2 Å². The Morgan fingerprint density at radius 1 is 1.33 bits per heavy atom. The molecule has 0 aliphatic heterocycles. The lowest BCUT2D eigenvalue weighted by Crippen LogP contribution is -2.15. The second kappa shape index (κ2) is 8.50. The van der Waals surface area contributed by atoms with Crippen LogP contribution in [0.1, 0.15) is 25.5 Å². The van der Waals surface area contributed by atoms with Crippen molar-refractivity contribution in [2.24, 2.45) is 0 Å². The van der Waals surface area contributed by atoms with Crippen LogP contribution in [0.3, 0.4) is 0 Å². The number of aromatic nitrogens is 3. The second-order valence-corrected chi connectivity index (χ2v) is 8.33. The molecule has 0 aliphatic carbocycles. The number of furan rings is 1. The smallest absolute Gasteiger partial charge is 0.234 e. The van der Waals surface area contributed by atoms with E-state index in [1.807, 2.05) is 43.5 Å². The number of rotatable bonds is 6. The van der Waals surface area contributed by atoms with E-state index >= 15 is 0 Å². The van der Waals surface area contributed by atoms with Gasteiger partial charge in [-0.1, -0.05) is 29.4 Å². The fourth-order valence-electron chi connectivity index (χ4n) is 2.49. The van der Waals surface area contributed by atoms with Crippen molar-refractivity contribution in [2.75, 3.05) is 11.1 Å². The number of carbonyl (C=O) groups excluding carboxylic acids is 1. The van der Waals surface area contributed by atoms with E-state index in [4.69, 9.17) is 16.0 Å². The van der Waals surface area contributed by atoms with Crippen LogP contribution < -0.4 is 5.32 Å². The third-order valence-electron chi connectivity index (χ3n) is 3.78. The number of hydrogen-bond donors (Lipinski definition) is 1. The van der Waals surface area contributed by atoms with Gasteiger partial charge in [-0.2, -0.15) is 0 Å². The zero-order valence-corrected chi connectivity index (χ0v) is 18.2. The summed E-state index contributed by atoms with van der Waals surface area (Å²) in [5.74, 6) is 1.32. The molecule has 2 aromatic heterocycles. The highest BCUT2D eigenvalue weighted by atomic mass is 79.9. The van der Waals surface area contributed by atoms with Gasteiger partial charge in [0.15, 0.2) is 15.6 Å². The van der Waals surface area contributed by atoms with Crippen LogP contribution in [0.2, 0.25) is 5.02 Å². The maximum absolute atomic E-state index is 12.4. The van der Waals surface area contributed by atoms with Gasteiger partial charge in [0.05, 0.1) is 5.75 Å². The molecule has 0 radical (unpaired) electrons. The van der Waals surface area contributed by atoms with E-state index in [1.54, 1.807) is 12.1 Å². The van der Waals surface area contributed by atoms with E-state index in [2.05, 4.69) is 31.4 Å². The van der Waals surface area contributed by atoms with Crippen LogP contribution in [0.25, 0.3) is 11.6 Å². The molecule has 0 spiro atoms. The number of benzene rings is 1. The summed E-state index contributed by atoms with van der Waals surface area (Å²) in [5.41, 5.74) is 1.66. The van der Waals surface area contributed by atoms with Gasteiger partial charge in [0.2, 0.25) is 11.7 Å². The van der Waals surface area contributed by atoms with Gasteiger partial charge in [0, 0.05) is 16.8 Å². The van der Waals surface area contributed by atoms with Crippen molar-refractivity contribution in [2.45, 2.75) is 32.0 Å². The van der Waals surface area contributed by atoms with E-state index < -0.39 is 0 Å². The minimum atomic E-state index is -0.133. The quantitative estimate of drug-likeness (QED) is 0.477. The summed E-state index contributed by atoms with van der Waals surface area (Å²) in [6, 6.07) is 9.15. The number of amides is 1. The number of nitrogens with one attached hydrogen (secondary N) is 1. The lowest BCUT2D eigenvalue weighted by molar-refractivity contribution is -0.113. The Kier molecular flexibility index (Phi) is 6.29. The highest BCUT2D eigenvalue weighted by molar-refractivity contribution is 9.10. The lowest BCUT2D eigenvalue weighted by atomic mass is 10.2. The van der Waals surface area contributed by atoms with Crippen LogP contribution in [0.4, 0.5) is 5.69 Å². The monoisotopic (exact) mass is 468 g/mol. The maximum atomic E-state index is 12.4. The van der Waals surface area contributed by atoms with Crippen LogP contribution in [0.15, 0.2) is 44.6 Å². The number of anilines is 1. The highest BCUT2D eigenvalue weighted by Gasteiger charge is 2.20. The molecule has 3 aromatic rings. The molecule has 0 atom stereocenters. The van der Waals surface area contributed by atoms with Gasteiger partial charge in [0.1, 0.15) is 0 Å². The third kappa shape index (κ3) is 4.75. The van der Waals surface area contributed by atoms with Gasteiger partial charge in [0.25, 0.3) is 0 Å². The molecule has 1 amide bonds. The Hall–Kier alpha value is -1.77. The summed E-state index contributed by atoms with van der Waals surface area (Å²) in [6.07, 6.45) is 0. The Balaban J connectivity index is 1.73. The minimum Gasteiger partial charge on any atom is -0.446 e. The van der Waals surface area contributed by atoms with Gasteiger partial charge in [-0.05, 0) is 66.5 Å². The van der Waals surface area contributed by atoms with Crippen LogP contribution in [-0.4, -0.2) is 26.4 Å². The molecule has 0 aliphatic rings. The van der Waals surface area contributed by atoms with Crippen molar-refractivity contribution in [1.29, 1.82) is 0 Å². The van der Waals surface area contributed by atoms with E-state index in [-0.39, 0.29) is 17.7 Å². The Bertz CT molecular complexity index is 970. The molecule has 0 fully saturated rings. The van der Waals surface area contributed by atoms with E-state index in [1.165, 1.54) is 11.8 Å². The lowest BCUT2D eigenvalue weighted by Gasteiger charge is -2.13.